The standard InChI is InChI=1S/C28H27N3O4/c1-17-6-11-22(16-18(17)2)31-27(29-28(33)21-9-14-24(35-5)15-10-21)25(26(32)19(3)30-31)20-7-12-23(34-4)13-8-20/h6-16H,1-5H3,(H,29,33). The van der Waals surface area contributed by atoms with Gasteiger partial charge in [-0.3, -0.25) is 9.59 Å². The van der Waals surface area contributed by atoms with Crippen LogP contribution in [0.4, 0.5) is 5.82 Å². The normalized spacial score (nSPS) is 10.7. The molecule has 0 fully saturated rings. The Morgan fingerprint density at radius 1 is 0.829 bits per heavy atom. The average Bonchev–Trinajstić information content (AvgIpc) is 2.88. The number of benzene rings is 3. The van der Waals surface area contributed by atoms with Crippen molar-refractivity contribution in [1.29, 1.82) is 0 Å². The summed E-state index contributed by atoms with van der Waals surface area (Å²) in [7, 11) is 3.15. The number of ether oxygens (including phenoxy) is 2. The predicted octanol–water partition coefficient (Wildman–Crippen LogP) is 5.09. The van der Waals surface area contributed by atoms with Crippen molar-refractivity contribution in [2.24, 2.45) is 0 Å². The first-order valence-electron chi connectivity index (χ1n) is 11.1. The van der Waals surface area contributed by atoms with Crippen molar-refractivity contribution in [3.05, 3.63) is 99.3 Å². The average molecular weight is 470 g/mol. The number of methoxy groups -OCH3 is 2. The number of hydrogen-bond acceptors (Lipinski definition) is 5. The molecule has 3 aromatic carbocycles. The van der Waals surface area contributed by atoms with Crippen LogP contribution in [0.2, 0.25) is 0 Å². The van der Waals surface area contributed by atoms with Gasteiger partial charge in [0, 0.05) is 5.56 Å². The van der Waals surface area contributed by atoms with Crippen LogP contribution < -0.4 is 20.2 Å². The molecule has 0 aliphatic heterocycles. The van der Waals surface area contributed by atoms with Crippen LogP contribution in [0, 0.1) is 20.8 Å². The quantitative estimate of drug-likeness (QED) is 0.425. The maximum Gasteiger partial charge on any atom is 0.256 e. The first kappa shape index (κ1) is 23.8. The van der Waals surface area contributed by atoms with E-state index in [1.807, 2.05) is 32.0 Å². The van der Waals surface area contributed by atoms with Gasteiger partial charge in [0.15, 0.2) is 0 Å². The van der Waals surface area contributed by atoms with E-state index in [0.717, 1.165) is 16.8 Å². The van der Waals surface area contributed by atoms with Crippen LogP contribution in [-0.4, -0.2) is 29.9 Å². The van der Waals surface area contributed by atoms with Crippen molar-refractivity contribution in [2.75, 3.05) is 19.5 Å². The third-order valence-electron chi connectivity index (χ3n) is 5.95. The van der Waals surface area contributed by atoms with E-state index in [0.29, 0.717) is 33.9 Å². The van der Waals surface area contributed by atoms with Gasteiger partial charge in [-0.15, -0.1) is 0 Å². The highest BCUT2D eigenvalue weighted by atomic mass is 16.5. The van der Waals surface area contributed by atoms with Crippen LogP contribution in [0.5, 0.6) is 11.5 Å². The Kier molecular flexibility index (Phi) is 6.68. The molecule has 7 heteroatoms. The number of aromatic nitrogens is 2. The van der Waals surface area contributed by atoms with E-state index >= 15 is 0 Å². The van der Waals surface area contributed by atoms with E-state index in [1.165, 1.54) is 0 Å². The number of carbonyl (C=O) groups is 1. The van der Waals surface area contributed by atoms with Gasteiger partial charge in [0.25, 0.3) is 5.91 Å². The van der Waals surface area contributed by atoms with E-state index in [1.54, 1.807) is 74.4 Å². The number of nitrogens with one attached hydrogen (secondary N) is 1. The second-order valence-electron chi connectivity index (χ2n) is 8.23. The lowest BCUT2D eigenvalue weighted by molar-refractivity contribution is 0.102. The zero-order valence-electron chi connectivity index (χ0n) is 20.4. The second kappa shape index (κ2) is 9.85. The van der Waals surface area contributed by atoms with Gasteiger partial charge in [-0.1, -0.05) is 18.2 Å². The molecular formula is C28H27N3O4. The Morgan fingerprint density at radius 3 is 2.00 bits per heavy atom. The molecule has 0 aliphatic rings. The van der Waals surface area contributed by atoms with Gasteiger partial charge < -0.3 is 14.8 Å². The molecule has 0 atom stereocenters. The van der Waals surface area contributed by atoms with Crippen molar-refractivity contribution in [3.63, 3.8) is 0 Å². The summed E-state index contributed by atoms with van der Waals surface area (Å²) in [4.78, 5) is 26.7. The lowest BCUT2D eigenvalue weighted by Gasteiger charge is -2.19. The van der Waals surface area contributed by atoms with Crippen molar-refractivity contribution in [3.8, 4) is 28.3 Å². The lowest BCUT2D eigenvalue weighted by atomic mass is 10.0. The number of carbonyl (C=O) groups excluding carboxylic acids is 1. The van der Waals surface area contributed by atoms with Crippen LogP contribution in [-0.2, 0) is 0 Å². The van der Waals surface area contributed by atoms with Gasteiger partial charge in [-0.25, -0.2) is 4.68 Å². The number of rotatable bonds is 6. The third-order valence-corrected chi connectivity index (χ3v) is 5.95. The van der Waals surface area contributed by atoms with Crippen LogP contribution >= 0.6 is 0 Å². The lowest BCUT2D eigenvalue weighted by Crippen LogP contribution is -2.25. The topological polar surface area (TPSA) is 82.4 Å². The number of nitrogens with zero attached hydrogens (tertiary/aromatic N) is 2. The molecule has 1 aromatic heterocycles. The first-order chi connectivity index (χ1) is 16.8. The fourth-order valence-electron chi connectivity index (χ4n) is 3.75. The largest absolute Gasteiger partial charge is 0.497 e. The molecule has 0 bridgehead atoms. The van der Waals surface area contributed by atoms with Crippen LogP contribution in [0.1, 0.15) is 27.2 Å². The van der Waals surface area contributed by atoms with Gasteiger partial charge in [0.2, 0.25) is 5.43 Å². The summed E-state index contributed by atoms with van der Waals surface area (Å²) in [5, 5.41) is 7.50. The number of aryl methyl sites for hydroxylation is 3. The van der Waals surface area contributed by atoms with Crippen molar-refractivity contribution in [2.45, 2.75) is 20.8 Å². The van der Waals surface area contributed by atoms with Gasteiger partial charge in [-0.05, 0) is 86.0 Å². The monoisotopic (exact) mass is 469 g/mol. The number of amides is 1. The highest BCUT2D eigenvalue weighted by Crippen LogP contribution is 2.29. The summed E-state index contributed by atoms with van der Waals surface area (Å²) >= 11 is 0. The van der Waals surface area contributed by atoms with Gasteiger partial charge >= 0.3 is 0 Å². The van der Waals surface area contributed by atoms with Crippen LogP contribution in [0.3, 0.4) is 0 Å². The minimum atomic E-state index is -0.370. The number of anilines is 1. The Balaban J connectivity index is 1.93. The highest BCUT2D eigenvalue weighted by molar-refractivity contribution is 6.05. The molecule has 35 heavy (non-hydrogen) atoms. The summed E-state index contributed by atoms with van der Waals surface area (Å²) in [5.74, 6) is 1.22. The van der Waals surface area contributed by atoms with Crippen molar-refractivity contribution < 1.29 is 14.3 Å². The maximum atomic E-state index is 13.4. The summed E-state index contributed by atoms with van der Waals surface area (Å²) in [6.07, 6.45) is 0. The van der Waals surface area contributed by atoms with E-state index in [9.17, 15) is 9.59 Å². The number of hydrogen-bond donors (Lipinski definition) is 1. The SMILES string of the molecule is COc1ccc(C(=O)Nc2c(-c3ccc(OC)cc3)c(=O)c(C)nn2-c2ccc(C)c(C)c2)cc1. The van der Waals surface area contributed by atoms with Crippen LogP contribution in [0.25, 0.3) is 16.8 Å². The molecule has 178 valence electrons. The fraction of sp³-hybridized carbons (Fsp3) is 0.179. The molecule has 0 aliphatic carbocycles. The molecule has 1 amide bonds. The third kappa shape index (κ3) is 4.80. The molecule has 0 spiro atoms. The molecule has 7 nitrogen and oxygen atoms in total. The van der Waals surface area contributed by atoms with Gasteiger partial charge in [0.1, 0.15) is 23.0 Å². The minimum Gasteiger partial charge on any atom is -0.497 e. The Bertz CT molecular complexity index is 1440. The van der Waals surface area contributed by atoms with E-state index in [2.05, 4.69) is 10.4 Å². The smallest absolute Gasteiger partial charge is 0.256 e. The molecule has 0 saturated heterocycles. The van der Waals surface area contributed by atoms with E-state index in [4.69, 9.17) is 9.47 Å². The molecule has 4 aromatic rings. The molecule has 0 saturated carbocycles. The zero-order chi connectivity index (χ0) is 25.1. The van der Waals surface area contributed by atoms with Crippen LogP contribution in [0.15, 0.2) is 71.5 Å². The van der Waals surface area contributed by atoms with E-state index < -0.39 is 0 Å². The summed E-state index contributed by atoms with van der Waals surface area (Å²) in [5.41, 5.74) is 4.40. The maximum absolute atomic E-state index is 13.4. The summed E-state index contributed by atoms with van der Waals surface area (Å²) in [6, 6.07) is 19.8. The van der Waals surface area contributed by atoms with E-state index in [-0.39, 0.29) is 17.2 Å². The van der Waals surface area contributed by atoms with Crippen molar-refractivity contribution in [1.82, 2.24) is 9.78 Å². The zero-order valence-corrected chi connectivity index (χ0v) is 20.4. The van der Waals surface area contributed by atoms with Crippen molar-refractivity contribution >= 4 is 11.7 Å². The molecule has 1 heterocycles. The molecule has 0 radical (unpaired) electrons. The predicted molar refractivity (Wildman–Crippen MR) is 137 cm³/mol. The molecule has 4 rings (SSSR count). The molecular weight excluding hydrogens is 442 g/mol. The Morgan fingerprint density at radius 2 is 1.43 bits per heavy atom. The second-order valence-corrected chi connectivity index (χ2v) is 8.23. The fourth-order valence-corrected chi connectivity index (χ4v) is 3.75. The summed E-state index contributed by atoms with van der Waals surface area (Å²) in [6.45, 7) is 5.70. The van der Waals surface area contributed by atoms with Gasteiger partial charge in [0.05, 0.1) is 25.5 Å². The molecule has 1 N–H and O–H groups in total. The Labute approximate surface area is 204 Å². The first-order valence-corrected chi connectivity index (χ1v) is 11.1. The van der Waals surface area contributed by atoms with Gasteiger partial charge in [-0.2, -0.15) is 5.10 Å². The highest BCUT2D eigenvalue weighted by Gasteiger charge is 2.21. The minimum absolute atomic E-state index is 0.264. The Hall–Kier alpha value is -4.39. The summed E-state index contributed by atoms with van der Waals surface area (Å²) < 4.78 is 12.1. The molecule has 0 unspecified atom stereocenters.